The van der Waals surface area contributed by atoms with Crippen LogP contribution < -0.4 is 0 Å². The SMILES string of the molecule is Cc1ccc(COCCP(=O)(O)O[PH]2(O)OO2)cc1. The fourth-order valence-corrected chi connectivity index (χ4v) is 4.04. The molecule has 19 heavy (non-hydrogen) atoms. The molecule has 1 aromatic carbocycles. The van der Waals surface area contributed by atoms with Crippen molar-refractivity contribution < 1.29 is 32.7 Å². The van der Waals surface area contributed by atoms with E-state index >= 15 is 0 Å². The van der Waals surface area contributed by atoms with Gasteiger partial charge in [-0.3, -0.25) is 0 Å². The average molecular weight is 310 g/mol. The Morgan fingerprint density at radius 1 is 1.32 bits per heavy atom. The first-order chi connectivity index (χ1) is 8.89. The van der Waals surface area contributed by atoms with Crippen molar-refractivity contribution in [1.29, 1.82) is 0 Å². The third-order valence-corrected chi connectivity index (χ3v) is 5.66. The Labute approximate surface area is 111 Å². The number of rotatable bonds is 7. The van der Waals surface area contributed by atoms with Crippen molar-refractivity contribution in [1.82, 2.24) is 0 Å². The van der Waals surface area contributed by atoms with Gasteiger partial charge >= 0.3 is 110 Å². The van der Waals surface area contributed by atoms with Gasteiger partial charge in [-0.1, -0.05) is 0 Å². The molecule has 0 aliphatic carbocycles. The molecule has 0 bridgehead atoms. The molecule has 108 valence electrons. The summed E-state index contributed by atoms with van der Waals surface area (Å²) in [5.41, 5.74) is 2.13. The van der Waals surface area contributed by atoms with Gasteiger partial charge in [0.15, 0.2) is 0 Å². The van der Waals surface area contributed by atoms with Gasteiger partial charge in [0.2, 0.25) is 0 Å². The molecule has 0 amide bonds. The number of hydrogen-bond donors (Lipinski definition) is 2. The van der Waals surface area contributed by atoms with E-state index in [-0.39, 0.29) is 12.8 Å². The van der Waals surface area contributed by atoms with E-state index in [0.717, 1.165) is 11.1 Å². The summed E-state index contributed by atoms with van der Waals surface area (Å²) in [6.07, 6.45) is -0.235. The van der Waals surface area contributed by atoms with Gasteiger partial charge in [0.1, 0.15) is 0 Å². The number of benzene rings is 1. The Morgan fingerprint density at radius 3 is 2.53 bits per heavy atom. The molecule has 1 aliphatic heterocycles. The Bertz CT molecular complexity index is 471. The standard InChI is InChI=1S/C10H16O7P2/c1-9-2-4-10(5-3-9)8-14-6-7-18(11,12)17-19(13)15-16-19/h2-5,13,19H,6-8H2,1H3,(H,11,12). The van der Waals surface area contributed by atoms with Crippen molar-refractivity contribution in [3.05, 3.63) is 35.4 Å². The van der Waals surface area contributed by atoms with Crippen LogP contribution in [0.15, 0.2) is 24.3 Å². The van der Waals surface area contributed by atoms with Crippen LogP contribution in [0.3, 0.4) is 0 Å². The van der Waals surface area contributed by atoms with Gasteiger partial charge in [0.05, 0.1) is 0 Å². The van der Waals surface area contributed by atoms with Crippen molar-refractivity contribution >= 4 is 15.8 Å². The van der Waals surface area contributed by atoms with Gasteiger partial charge in [-0.05, 0) is 0 Å². The van der Waals surface area contributed by atoms with Crippen LogP contribution in [-0.2, 0) is 29.6 Å². The first-order valence-corrected chi connectivity index (χ1v) is 9.07. The zero-order valence-electron chi connectivity index (χ0n) is 10.3. The second-order valence-corrected chi connectivity index (χ2v) is 8.01. The predicted octanol–water partition coefficient (Wildman–Crippen LogP) is 2.08. The Hall–Kier alpha value is -0.360. The van der Waals surface area contributed by atoms with Gasteiger partial charge < -0.3 is 0 Å². The van der Waals surface area contributed by atoms with E-state index in [1.165, 1.54) is 0 Å². The van der Waals surface area contributed by atoms with Gasteiger partial charge in [-0.25, -0.2) is 0 Å². The fourth-order valence-electron chi connectivity index (χ4n) is 1.35. The molecule has 2 rings (SSSR count). The van der Waals surface area contributed by atoms with Crippen molar-refractivity contribution in [2.75, 3.05) is 12.8 Å². The maximum atomic E-state index is 11.5. The van der Waals surface area contributed by atoms with Crippen LogP contribution in [0.25, 0.3) is 0 Å². The molecule has 1 fully saturated rings. The zero-order valence-corrected chi connectivity index (χ0v) is 12.2. The molecular weight excluding hydrogens is 294 g/mol. The average Bonchev–Trinajstić information content (AvgIpc) is 3.03. The minimum absolute atomic E-state index is 0.0339. The minimum atomic E-state index is -3.94. The summed E-state index contributed by atoms with van der Waals surface area (Å²) in [7, 11) is -7.69. The predicted molar refractivity (Wildman–Crippen MR) is 69.3 cm³/mol. The summed E-state index contributed by atoms with van der Waals surface area (Å²) < 4.78 is 29.5. The molecule has 1 aromatic rings. The first-order valence-electron chi connectivity index (χ1n) is 5.64. The van der Waals surface area contributed by atoms with Crippen molar-refractivity contribution in [2.24, 2.45) is 0 Å². The molecule has 1 atom stereocenters. The third-order valence-electron chi connectivity index (χ3n) is 2.39. The summed E-state index contributed by atoms with van der Waals surface area (Å²) in [5, 5.41) is 0. The number of hydrogen-bond acceptors (Lipinski definition) is 6. The number of ether oxygens (including phenoxy) is 1. The van der Waals surface area contributed by atoms with E-state index in [2.05, 4.69) is 13.7 Å². The summed E-state index contributed by atoms with van der Waals surface area (Å²) >= 11 is 0. The van der Waals surface area contributed by atoms with Gasteiger partial charge in [0.25, 0.3) is 0 Å². The van der Waals surface area contributed by atoms with E-state index in [1.54, 1.807) is 0 Å². The normalized spacial score (nSPS) is 21.6. The van der Waals surface area contributed by atoms with Crippen molar-refractivity contribution in [3.63, 3.8) is 0 Å². The molecule has 9 heteroatoms. The Morgan fingerprint density at radius 2 is 1.95 bits per heavy atom. The molecule has 0 saturated carbocycles. The van der Waals surface area contributed by atoms with Crippen LogP contribution in [0.2, 0.25) is 0 Å². The molecule has 1 aliphatic rings. The molecule has 1 heterocycles. The van der Waals surface area contributed by atoms with Crippen LogP contribution in [0.1, 0.15) is 11.1 Å². The molecule has 1 saturated heterocycles. The Balaban J connectivity index is 1.68. The van der Waals surface area contributed by atoms with E-state index in [0.29, 0.717) is 6.61 Å². The molecule has 0 radical (unpaired) electrons. The zero-order chi connectivity index (χ0) is 13.9. The second kappa shape index (κ2) is 5.95. The summed E-state index contributed by atoms with van der Waals surface area (Å²) in [5.74, 6) is 0. The number of aryl methyl sites for hydroxylation is 1. The molecule has 2 N–H and O–H groups in total. The van der Waals surface area contributed by atoms with E-state index in [1.807, 2.05) is 31.2 Å². The van der Waals surface area contributed by atoms with Crippen LogP contribution in [0, 0.1) is 6.92 Å². The molecular formula is C10H16O7P2. The Kier molecular flexibility index (Phi) is 4.71. The second-order valence-electron chi connectivity index (χ2n) is 4.18. The fraction of sp³-hybridized carbons (Fsp3) is 0.400. The van der Waals surface area contributed by atoms with E-state index < -0.39 is 15.8 Å². The summed E-state index contributed by atoms with van der Waals surface area (Å²) in [4.78, 5) is 18.5. The van der Waals surface area contributed by atoms with E-state index in [9.17, 15) is 9.46 Å². The summed E-state index contributed by atoms with van der Waals surface area (Å²) in [6.45, 7) is 2.36. The van der Waals surface area contributed by atoms with Crippen LogP contribution in [-0.4, -0.2) is 22.6 Å². The summed E-state index contributed by atoms with van der Waals surface area (Å²) in [6, 6.07) is 7.76. The van der Waals surface area contributed by atoms with E-state index in [4.69, 9.17) is 9.63 Å². The monoisotopic (exact) mass is 310 g/mol. The van der Waals surface area contributed by atoms with Crippen LogP contribution in [0.4, 0.5) is 0 Å². The molecule has 0 spiro atoms. The third kappa shape index (κ3) is 5.26. The molecule has 0 aromatic heterocycles. The van der Waals surface area contributed by atoms with Crippen LogP contribution >= 0.6 is 15.8 Å². The van der Waals surface area contributed by atoms with Crippen LogP contribution in [0.5, 0.6) is 0 Å². The quantitative estimate of drug-likeness (QED) is 0.344. The molecule has 7 nitrogen and oxygen atoms in total. The van der Waals surface area contributed by atoms with Gasteiger partial charge in [-0.2, -0.15) is 0 Å². The van der Waals surface area contributed by atoms with Crippen molar-refractivity contribution in [2.45, 2.75) is 13.5 Å². The van der Waals surface area contributed by atoms with Gasteiger partial charge in [0, 0.05) is 0 Å². The van der Waals surface area contributed by atoms with Gasteiger partial charge in [-0.15, -0.1) is 0 Å². The first kappa shape index (κ1) is 15.0. The van der Waals surface area contributed by atoms with Crippen molar-refractivity contribution in [3.8, 4) is 0 Å². The maximum absolute atomic E-state index is 11.5. The molecule has 1 unspecified atom stereocenters. The topological polar surface area (TPSA) is 101 Å².